The monoisotopic (exact) mass is 647 g/mol. The van der Waals surface area contributed by atoms with Gasteiger partial charge < -0.3 is 5.73 Å². The average Bonchev–Trinajstić information content (AvgIpc) is 3.68. The molecule has 1 spiro atoms. The SMILES string of the molecule is NCc1ccc(-c2cccc3c4ccccc4c4cc(-c5ccc6c(c5)C5(c7ccccc7-c7ccccc75)c5ccccc5-6)ccc4c23)cc1. The van der Waals surface area contributed by atoms with Gasteiger partial charge in [0.1, 0.15) is 0 Å². The first-order chi connectivity index (χ1) is 25.3. The van der Waals surface area contributed by atoms with Crippen molar-refractivity contribution < 1.29 is 0 Å². The van der Waals surface area contributed by atoms with Crippen LogP contribution in [0.15, 0.2) is 176 Å². The van der Waals surface area contributed by atoms with Gasteiger partial charge in [-0.3, -0.25) is 0 Å². The van der Waals surface area contributed by atoms with E-state index >= 15 is 0 Å². The minimum atomic E-state index is -0.358. The maximum atomic E-state index is 5.96. The zero-order chi connectivity index (χ0) is 33.7. The molecule has 0 saturated heterocycles. The van der Waals surface area contributed by atoms with Crippen molar-refractivity contribution in [2.45, 2.75) is 12.0 Å². The Balaban J connectivity index is 1.17. The summed E-state index contributed by atoms with van der Waals surface area (Å²) in [5.41, 5.74) is 22.5. The maximum Gasteiger partial charge on any atom is 0.0725 e. The highest BCUT2D eigenvalue weighted by Gasteiger charge is 2.51. The van der Waals surface area contributed by atoms with Crippen LogP contribution in [0.4, 0.5) is 0 Å². The molecule has 9 aromatic rings. The predicted octanol–water partition coefficient (Wildman–Crippen LogP) is 12.3. The molecule has 0 atom stereocenters. The Morgan fingerprint density at radius 2 is 0.804 bits per heavy atom. The van der Waals surface area contributed by atoms with Crippen molar-refractivity contribution in [1.29, 1.82) is 0 Å². The van der Waals surface area contributed by atoms with Crippen molar-refractivity contribution in [3.63, 3.8) is 0 Å². The fourth-order valence-corrected chi connectivity index (χ4v) is 9.52. The molecular weight excluding hydrogens is 615 g/mol. The number of fused-ring (bicyclic) bond motifs is 16. The largest absolute Gasteiger partial charge is 0.326 e. The molecule has 2 aliphatic carbocycles. The molecule has 0 fully saturated rings. The molecule has 9 aromatic carbocycles. The molecule has 0 aliphatic heterocycles. The molecule has 0 bridgehead atoms. The number of hydrogen-bond donors (Lipinski definition) is 1. The highest BCUT2D eigenvalue weighted by atomic mass is 14.5. The Morgan fingerprint density at radius 3 is 1.45 bits per heavy atom. The van der Waals surface area contributed by atoms with Crippen molar-refractivity contribution in [2.24, 2.45) is 5.73 Å². The van der Waals surface area contributed by atoms with Crippen molar-refractivity contribution >= 4 is 32.3 Å². The quantitative estimate of drug-likeness (QED) is 0.190. The zero-order valence-electron chi connectivity index (χ0n) is 28.0. The van der Waals surface area contributed by atoms with Gasteiger partial charge in [-0.2, -0.15) is 0 Å². The Hall–Kier alpha value is -6.28. The highest BCUT2D eigenvalue weighted by molar-refractivity contribution is 6.28. The normalized spacial score (nSPS) is 13.4. The summed E-state index contributed by atoms with van der Waals surface area (Å²) in [6.45, 7) is 0.543. The smallest absolute Gasteiger partial charge is 0.0725 e. The second-order valence-corrected chi connectivity index (χ2v) is 14.1. The first-order valence-electron chi connectivity index (χ1n) is 17.9. The van der Waals surface area contributed by atoms with Crippen molar-refractivity contribution in [1.82, 2.24) is 0 Å². The predicted molar refractivity (Wildman–Crippen MR) is 214 cm³/mol. The van der Waals surface area contributed by atoms with Crippen LogP contribution in [0.25, 0.3) is 76.8 Å². The Bertz CT molecular complexity index is 2830. The van der Waals surface area contributed by atoms with Gasteiger partial charge in [0.05, 0.1) is 5.41 Å². The first kappa shape index (κ1) is 28.5. The Labute approximate surface area is 297 Å². The van der Waals surface area contributed by atoms with Gasteiger partial charge in [-0.15, -0.1) is 0 Å². The maximum absolute atomic E-state index is 5.96. The second kappa shape index (κ2) is 10.6. The zero-order valence-corrected chi connectivity index (χ0v) is 28.0. The van der Waals surface area contributed by atoms with Gasteiger partial charge in [0, 0.05) is 6.54 Å². The molecule has 238 valence electrons. The lowest BCUT2D eigenvalue weighted by atomic mass is 9.70. The van der Waals surface area contributed by atoms with E-state index in [1.807, 2.05) is 0 Å². The molecular formula is C50H33N. The summed E-state index contributed by atoms with van der Waals surface area (Å²) in [6, 6.07) is 65.7. The van der Waals surface area contributed by atoms with E-state index in [2.05, 4.69) is 176 Å². The van der Waals surface area contributed by atoms with Gasteiger partial charge in [-0.25, -0.2) is 0 Å². The molecule has 0 saturated carbocycles. The third kappa shape index (κ3) is 3.79. The summed E-state index contributed by atoms with van der Waals surface area (Å²) in [4.78, 5) is 0. The van der Waals surface area contributed by atoms with Gasteiger partial charge in [0.25, 0.3) is 0 Å². The molecule has 0 aromatic heterocycles. The molecule has 51 heavy (non-hydrogen) atoms. The number of hydrogen-bond acceptors (Lipinski definition) is 1. The molecule has 2 aliphatic rings. The third-order valence-electron chi connectivity index (χ3n) is 11.7. The fourth-order valence-electron chi connectivity index (χ4n) is 9.52. The van der Waals surface area contributed by atoms with E-state index < -0.39 is 0 Å². The lowest BCUT2D eigenvalue weighted by molar-refractivity contribution is 0.794. The molecule has 0 amide bonds. The van der Waals surface area contributed by atoms with Crippen LogP contribution in [0, 0.1) is 0 Å². The van der Waals surface area contributed by atoms with Crippen LogP contribution in [-0.4, -0.2) is 0 Å². The Kier molecular flexibility index (Phi) is 5.94. The van der Waals surface area contributed by atoms with Crippen LogP contribution in [0.3, 0.4) is 0 Å². The molecule has 11 rings (SSSR count). The van der Waals surface area contributed by atoms with Crippen LogP contribution >= 0.6 is 0 Å². The van der Waals surface area contributed by atoms with Crippen LogP contribution in [0.1, 0.15) is 27.8 Å². The fraction of sp³-hybridized carbons (Fsp3) is 0.0400. The van der Waals surface area contributed by atoms with Gasteiger partial charge in [0.2, 0.25) is 0 Å². The number of benzene rings is 9. The molecule has 0 heterocycles. The summed E-state index contributed by atoms with van der Waals surface area (Å²) in [5.74, 6) is 0. The van der Waals surface area contributed by atoms with E-state index in [1.54, 1.807) is 0 Å². The van der Waals surface area contributed by atoms with Crippen LogP contribution in [0.2, 0.25) is 0 Å². The van der Waals surface area contributed by atoms with Gasteiger partial charge >= 0.3 is 0 Å². The number of rotatable bonds is 3. The van der Waals surface area contributed by atoms with Crippen LogP contribution < -0.4 is 5.73 Å². The summed E-state index contributed by atoms with van der Waals surface area (Å²) < 4.78 is 0. The van der Waals surface area contributed by atoms with E-state index in [0.29, 0.717) is 6.54 Å². The molecule has 1 nitrogen and oxygen atoms in total. The number of nitrogens with two attached hydrogens (primary N) is 1. The lowest BCUT2D eigenvalue weighted by Gasteiger charge is -2.30. The lowest BCUT2D eigenvalue weighted by Crippen LogP contribution is -2.25. The van der Waals surface area contributed by atoms with E-state index in [-0.39, 0.29) is 5.41 Å². The standard InChI is InChI=1S/C50H33N/c51-30-31-20-22-32(23-21-31)35-15-9-16-42-36-10-1-2-11-37(36)44-28-33(25-27-43(44)49(35)42)34-24-26-41-40-14-5-8-19-47(40)50(48(41)29-34)45-17-6-3-12-38(45)39-13-4-7-18-46(39)50/h1-29H,30,51H2. The van der Waals surface area contributed by atoms with E-state index in [1.165, 1.54) is 99.1 Å². The van der Waals surface area contributed by atoms with Gasteiger partial charge in [-0.05, 0) is 117 Å². The van der Waals surface area contributed by atoms with E-state index in [9.17, 15) is 0 Å². The molecule has 0 radical (unpaired) electrons. The molecule has 2 N–H and O–H groups in total. The van der Waals surface area contributed by atoms with Gasteiger partial charge in [-0.1, -0.05) is 164 Å². The van der Waals surface area contributed by atoms with Crippen molar-refractivity contribution in [3.05, 3.63) is 204 Å². The second-order valence-electron chi connectivity index (χ2n) is 14.1. The third-order valence-corrected chi connectivity index (χ3v) is 11.7. The van der Waals surface area contributed by atoms with Crippen molar-refractivity contribution in [3.8, 4) is 44.5 Å². The van der Waals surface area contributed by atoms with Crippen molar-refractivity contribution in [2.75, 3.05) is 0 Å². The minimum Gasteiger partial charge on any atom is -0.326 e. The van der Waals surface area contributed by atoms with Crippen LogP contribution in [-0.2, 0) is 12.0 Å². The summed E-state index contributed by atoms with van der Waals surface area (Å²) in [6.07, 6.45) is 0. The topological polar surface area (TPSA) is 26.0 Å². The van der Waals surface area contributed by atoms with E-state index in [4.69, 9.17) is 5.73 Å². The van der Waals surface area contributed by atoms with E-state index in [0.717, 1.165) is 5.56 Å². The summed E-state index contributed by atoms with van der Waals surface area (Å²) in [7, 11) is 0. The summed E-state index contributed by atoms with van der Waals surface area (Å²) in [5, 5.41) is 7.68. The molecule has 0 unspecified atom stereocenters. The average molecular weight is 648 g/mol. The van der Waals surface area contributed by atoms with Crippen LogP contribution in [0.5, 0.6) is 0 Å². The minimum absolute atomic E-state index is 0.358. The summed E-state index contributed by atoms with van der Waals surface area (Å²) >= 11 is 0. The highest BCUT2D eigenvalue weighted by Crippen LogP contribution is 2.63. The first-order valence-corrected chi connectivity index (χ1v) is 17.9. The van der Waals surface area contributed by atoms with Gasteiger partial charge in [0.15, 0.2) is 0 Å². The Morgan fingerprint density at radius 1 is 0.333 bits per heavy atom. The molecule has 1 heteroatoms.